The molecule has 0 atom stereocenters. The minimum absolute atomic E-state index is 0.779. The van der Waals surface area contributed by atoms with Gasteiger partial charge in [-0.25, -0.2) is 4.98 Å². The molecule has 4 N–H and O–H groups in total. The normalized spacial score (nSPS) is 14.8. The molecule has 0 aliphatic carbocycles. The molecule has 3 rings (SSSR count). The molecular weight excluding hydrogens is 200 g/mol. The number of hydrogen-bond acceptors (Lipinski definition) is 3. The molecule has 4 nitrogen and oxygen atoms in total. The van der Waals surface area contributed by atoms with E-state index in [1.54, 1.807) is 0 Å². The summed E-state index contributed by atoms with van der Waals surface area (Å²) in [6.45, 7) is 1.90. The summed E-state index contributed by atoms with van der Waals surface area (Å²) in [5, 5.41) is 3.32. The molecule has 1 aliphatic rings. The molecule has 0 radical (unpaired) electrons. The molecule has 2 heterocycles. The van der Waals surface area contributed by atoms with Crippen molar-refractivity contribution in [1.82, 2.24) is 15.3 Å². The lowest BCUT2D eigenvalue weighted by Crippen LogP contribution is -2.23. The van der Waals surface area contributed by atoms with E-state index in [-0.39, 0.29) is 0 Å². The zero-order chi connectivity index (χ0) is 11.0. The number of H-pyrrole nitrogens is 1. The second kappa shape index (κ2) is 3.64. The summed E-state index contributed by atoms with van der Waals surface area (Å²) in [4.78, 5) is 7.97. The summed E-state index contributed by atoms with van der Waals surface area (Å²) < 4.78 is 0. The summed E-state index contributed by atoms with van der Waals surface area (Å²) in [7, 11) is 0. The van der Waals surface area contributed by atoms with Crippen molar-refractivity contribution in [3.8, 4) is 11.4 Å². The fourth-order valence-electron chi connectivity index (χ4n) is 2.00. The maximum Gasteiger partial charge on any atom is 0.137 e. The SMILES string of the molecule is Nc1ccc(-c2nc3c([nH]2)CNCC3)cc1. The fraction of sp³-hybridized carbons (Fsp3) is 0.250. The molecule has 1 aromatic carbocycles. The van der Waals surface area contributed by atoms with Crippen LogP contribution in [0, 0.1) is 0 Å². The molecule has 0 fully saturated rings. The molecule has 0 bridgehead atoms. The molecule has 2 aromatic rings. The summed E-state index contributed by atoms with van der Waals surface area (Å²) in [5.41, 5.74) is 9.92. The van der Waals surface area contributed by atoms with Gasteiger partial charge in [0.15, 0.2) is 0 Å². The lowest BCUT2D eigenvalue weighted by Gasteiger charge is -2.09. The van der Waals surface area contributed by atoms with E-state index in [1.807, 2.05) is 24.3 Å². The minimum atomic E-state index is 0.779. The van der Waals surface area contributed by atoms with Crippen molar-refractivity contribution in [3.05, 3.63) is 35.7 Å². The summed E-state index contributed by atoms with van der Waals surface area (Å²) in [6.07, 6.45) is 1.00. The van der Waals surface area contributed by atoms with Crippen LogP contribution in [0.4, 0.5) is 5.69 Å². The summed E-state index contributed by atoms with van der Waals surface area (Å²) >= 11 is 0. The van der Waals surface area contributed by atoms with Gasteiger partial charge < -0.3 is 16.0 Å². The van der Waals surface area contributed by atoms with Crippen molar-refractivity contribution < 1.29 is 0 Å². The van der Waals surface area contributed by atoms with Gasteiger partial charge in [-0.15, -0.1) is 0 Å². The zero-order valence-corrected chi connectivity index (χ0v) is 8.96. The first-order valence-corrected chi connectivity index (χ1v) is 5.47. The predicted octanol–water partition coefficient (Wildman–Crippen LogP) is 1.30. The third-order valence-electron chi connectivity index (χ3n) is 2.89. The number of nitrogens with two attached hydrogens (primary N) is 1. The maximum atomic E-state index is 5.66. The number of imidazole rings is 1. The van der Waals surface area contributed by atoms with Gasteiger partial charge in [0.1, 0.15) is 5.82 Å². The van der Waals surface area contributed by atoms with E-state index in [4.69, 9.17) is 5.73 Å². The Hall–Kier alpha value is -1.81. The number of hydrogen-bond donors (Lipinski definition) is 3. The lowest BCUT2D eigenvalue weighted by atomic mass is 10.2. The highest BCUT2D eigenvalue weighted by Crippen LogP contribution is 2.20. The maximum absolute atomic E-state index is 5.66. The molecule has 1 aliphatic heterocycles. The van der Waals surface area contributed by atoms with Gasteiger partial charge in [0.2, 0.25) is 0 Å². The molecule has 16 heavy (non-hydrogen) atoms. The number of anilines is 1. The van der Waals surface area contributed by atoms with Crippen molar-refractivity contribution in [2.75, 3.05) is 12.3 Å². The molecule has 0 unspecified atom stereocenters. The molecule has 0 spiro atoms. The number of nitrogen functional groups attached to an aromatic ring is 1. The van der Waals surface area contributed by atoms with Crippen LogP contribution in [0.1, 0.15) is 11.4 Å². The highest BCUT2D eigenvalue weighted by atomic mass is 15.0. The van der Waals surface area contributed by atoms with Gasteiger partial charge in [-0.3, -0.25) is 0 Å². The van der Waals surface area contributed by atoms with Crippen LogP contribution in [0.3, 0.4) is 0 Å². The Morgan fingerprint density at radius 2 is 2.00 bits per heavy atom. The molecular formula is C12H14N4. The Kier molecular flexibility index (Phi) is 2.15. The van der Waals surface area contributed by atoms with Crippen molar-refractivity contribution in [1.29, 1.82) is 0 Å². The molecule has 0 saturated carbocycles. The van der Waals surface area contributed by atoms with E-state index >= 15 is 0 Å². The van der Waals surface area contributed by atoms with E-state index in [0.29, 0.717) is 0 Å². The van der Waals surface area contributed by atoms with Crippen molar-refractivity contribution in [2.45, 2.75) is 13.0 Å². The lowest BCUT2D eigenvalue weighted by molar-refractivity contribution is 0.627. The van der Waals surface area contributed by atoms with Gasteiger partial charge >= 0.3 is 0 Å². The Labute approximate surface area is 93.9 Å². The van der Waals surface area contributed by atoms with E-state index in [1.165, 1.54) is 11.4 Å². The summed E-state index contributed by atoms with van der Waals surface area (Å²) in [5.74, 6) is 0.939. The van der Waals surface area contributed by atoms with Gasteiger partial charge in [0.05, 0.1) is 11.4 Å². The minimum Gasteiger partial charge on any atom is -0.399 e. The topological polar surface area (TPSA) is 66.7 Å². The van der Waals surface area contributed by atoms with E-state index in [0.717, 1.165) is 36.6 Å². The summed E-state index contributed by atoms with van der Waals surface area (Å²) in [6, 6.07) is 7.78. The first-order chi connectivity index (χ1) is 7.83. The Morgan fingerprint density at radius 3 is 2.75 bits per heavy atom. The molecule has 0 amide bonds. The van der Waals surface area contributed by atoms with Crippen LogP contribution in [0.15, 0.2) is 24.3 Å². The van der Waals surface area contributed by atoms with Crippen LogP contribution >= 0.6 is 0 Å². The van der Waals surface area contributed by atoms with E-state index in [9.17, 15) is 0 Å². The van der Waals surface area contributed by atoms with Crippen LogP contribution < -0.4 is 11.1 Å². The van der Waals surface area contributed by atoms with Gasteiger partial charge in [0, 0.05) is 30.8 Å². The van der Waals surface area contributed by atoms with Gasteiger partial charge in [-0.2, -0.15) is 0 Å². The Bertz CT molecular complexity index is 475. The molecule has 1 aromatic heterocycles. The van der Waals surface area contributed by atoms with Crippen LogP contribution in [-0.2, 0) is 13.0 Å². The monoisotopic (exact) mass is 214 g/mol. The number of fused-ring (bicyclic) bond motifs is 1. The average molecular weight is 214 g/mol. The predicted molar refractivity (Wildman–Crippen MR) is 63.8 cm³/mol. The van der Waals surface area contributed by atoms with Crippen molar-refractivity contribution in [2.24, 2.45) is 0 Å². The molecule has 0 saturated heterocycles. The number of rotatable bonds is 1. The fourth-order valence-corrected chi connectivity index (χ4v) is 2.00. The molecule has 4 heteroatoms. The third kappa shape index (κ3) is 1.57. The van der Waals surface area contributed by atoms with Crippen LogP contribution in [-0.4, -0.2) is 16.5 Å². The van der Waals surface area contributed by atoms with Gasteiger partial charge in [0.25, 0.3) is 0 Å². The van der Waals surface area contributed by atoms with Gasteiger partial charge in [-0.1, -0.05) is 0 Å². The highest BCUT2D eigenvalue weighted by Gasteiger charge is 2.14. The largest absolute Gasteiger partial charge is 0.399 e. The van der Waals surface area contributed by atoms with Crippen LogP contribution in [0.25, 0.3) is 11.4 Å². The second-order valence-electron chi connectivity index (χ2n) is 4.06. The number of nitrogens with zero attached hydrogens (tertiary/aromatic N) is 1. The Morgan fingerprint density at radius 1 is 1.19 bits per heavy atom. The van der Waals surface area contributed by atoms with Crippen molar-refractivity contribution in [3.63, 3.8) is 0 Å². The Balaban J connectivity index is 2.00. The van der Waals surface area contributed by atoms with Crippen LogP contribution in [0.5, 0.6) is 0 Å². The smallest absolute Gasteiger partial charge is 0.137 e. The zero-order valence-electron chi connectivity index (χ0n) is 8.96. The van der Waals surface area contributed by atoms with E-state index in [2.05, 4.69) is 15.3 Å². The standard InChI is InChI=1S/C12H14N4/c13-9-3-1-8(2-4-9)12-15-10-5-6-14-7-11(10)16-12/h1-4,14H,5-7,13H2,(H,15,16). The van der Waals surface area contributed by atoms with Crippen LogP contribution in [0.2, 0.25) is 0 Å². The molecule has 82 valence electrons. The third-order valence-corrected chi connectivity index (χ3v) is 2.89. The second-order valence-corrected chi connectivity index (χ2v) is 4.06. The highest BCUT2D eigenvalue weighted by molar-refractivity contribution is 5.59. The van der Waals surface area contributed by atoms with Crippen molar-refractivity contribution >= 4 is 5.69 Å². The number of aromatic amines is 1. The average Bonchev–Trinajstić information content (AvgIpc) is 2.73. The first kappa shape index (κ1) is 9.42. The number of benzene rings is 1. The van der Waals surface area contributed by atoms with Gasteiger partial charge in [-0.05, 0) is 24.3 Å². The first-order valence-electron chi connectivity index (χ1n) is 5.47. The quantitative estimate of drug-likeness (QED) is 0.627. The number of aromatic nitrogens is 2. The van der Waals surface area contributed by atoms with E-state index < -0.39 is 0 Å². The number of nitrogens with one attached hydrogen (secondary N) is 2.